The lowest BCUT2D eigenvalue weighted by molar-refractivity contribution is -0.120. The molecule has 0 saturated carbocycles. The van der Waals surface area contributed by atoms with Gasteiger partial charge in [0.1, 0.15) is 0 Å². The van der Waals surface area contributed by atoms with Crippen molar-refractivity contribution in [2.75, 3.05) is 6.54 Å². The fourth-order valence-corrected chi connectivity index (χ4v) is 2.88. The zero-order valence-corrected chi connectivity index (χ0v) is 14.8. The van der Waals surface area contributed by atoms with E-state index in [0.29, 0.717) is 21.6 Å². The van der Waals surface area contributed by atoms with E-state index in [2.05, 4.69) is 10.6 Å². The number of rotatable bonds is 6. The van der Waals surface area contributed by atoms with Gasteiger partial charge in [0.05, 0.1) is 6.54 Å². The Balaban J connectivity index is 1.82. The molecule has 0 aliphatic rings. The van der Waals surface area contributed by atoms with Crippen molar-refractivity contribution >= 4 is 40.7 Å². The molecule has 2 rings (SSSR count). The van der Waals surface area contributed by atoms with E-state index in [1.54, 1.807) is 18.2 Å². The average molecular weight is 372 g/mol. The first-order valence-electron chi connectivity index (χ1n) is 7.16. The molecule has 0 bridgehead atoms. The van der Waals surface area contributed by atoms with E-state index in [1.807, 2.05) is 31.2 Å². The molecule has 0 saturated heterocycles. The monoisotopic (exact) mass is 370 g/mol. The summed E-state index contributed by atoms with van der Waals surface area (Å²) in [5.41, 5.74) is 1.78. The second-order valence-corrected chi connectivity index (χ2v) is 6.39. The van der Waals surface area contributed by atoms with E-state index in [-0.39, 0.29) is 18.5 Å². The van der Waals surface area contributed by atoms with Gasteiger partial charge in [-0.25, -0.2) is 0 Å². The zero-order valence-electron chi connectivity index (χ0n) is 12.6. The molecule has 23 heavy (non-hydrogen) atoms. The van der Waals surface area contributed by atoms with Crippen molar-refractivity contribution in [1.82, 2.24) is 10.6 Å². The molecule has 1 atom stereocenters. The largest absolute Gasteiger partial charge is 0.351 e. The molecule has 0 fully saturated rings. The summed E-state index contributed by atoms with van der Waals surface area (Å²) in [6.45, 7) is 2.51. The average Bonchev–Trinajstić information content (AvgIpc) is 2.52. The lowest BCUT2D eigenvalue weighted by Crippen LogP contribution is -2.34. The number of carbonyl (C=O) groups is 1. The maximum absolute atomic E-state index is 11.9. The summed E-state index contributed by atoms with van der Waals surface area (Å²) >= 11 is 18.1. The molecule has 2 aromatic rings. The van der Waals surface area contributed by atoms with Crippen LogP contribution in [0.1, 0.15) is 24.1 Å². The maximum atomic E-state index is 11.9. The predicted molar refractivity (Wildman–Crippen MR) is 96.2 cm³/mol. The Morgan fingerprint density at radius 1 is 1.09 bits per heavy atom. The lowest BCUT2D eigenvalue weighted by Gasteiger charge is -2.15. The molecular formula is C17H17Cl3N2O. The van der Waals surface area contributed by atoms with Crippen LogP contribution in [0.3, 0.4) is 0 Å². The van der Waals surface area contributed by atoms with Crippen molar-refractivity contribution in [2.45, 2.75) is 19.5 Å². The van der Waals surface area contributed by atoms with E-state index in [1.165, 1.54) is 0 Å². The summed E-state index contributed by atoms with van der Waals surface area (Å²) in [5, 5.41) is 7.76. The quantitative estimate of drug-likeness (QED) is 0.778. The van der Waals surface area contributed by atoms with Crippen LogP contribution in [0.25, 0.3) is 0 Å². The van der Waals surface area contributed by atoms with Crippen LogP contribution in [0.4, 0.5) is 0 Å². The van der Waals surface area contributed by atoms with E-state index < -0.39 is 0 Å². The summed E-state index contributed by atoms with van der Waals surface area (Å²) in [4.78, 5) is 11.9. The van der Waals surface area contributed by atoms with Crippen LogP contribution in [0.15, 0.2) is 42.5 Å². The molecule has 122 valence electrons. The van der Waals surface area contributed by atoms with Gasteiger partial charge in [-0.15, -0.1) is 0 Å². The number of halogens is 3. The van der Waals surface area contributed by atoms with Crippen LogP contribution in [0, 0.1) is 0 Å². The molecule has 0 spiro atoms. The minimum absolute atomic E-state index is 0.0198. The van der Waals surface area contributed by atoms with Gasteiger partial charge in [0.15, 0.2) is 0 Å². The highest BCUT2D eigenvalue weighted by Gasteiger charge is 2.10. The Morgan fingerprint density at radius 2 is 1.83 bits per heavy atom. The second-order valence-electron chi connectivity index (χ2n) is 5.14. The molecule has 0 aliphatic carbocycles. The number of hydrogen-bond acceptors (Lipinski definition) is 2. The first-order valence-corrected chi connectivity index (χ1v) is 8.29. The Kier molecular flexibility index (Phi) is 6.72. The Labute approximate surface area is 150 Å². The van der Waals surface area contributed by atoms with Gasteiger partial charge in [-0.3, -0.25) is 4.79 Å². The summed E-state index contributed by atoms with van der Waals surface area (Å²) in [5.74, 6) is -0.116. The molecule has 0 heterocycles. The lowest BCUT2D eigenvalue weighted by atomic mass is 10.1. The highest BCUT2D eigenvalue weighted by atomic mass is 35.5. The maximum Gasteiger partial charge on any atom is 0.234 e. The Bertz CT molecular complexity index is 691. The number of amides is 1. The van der Waals surface area contributed by atoms with Crippen LogP contribution in [0.2, 0.25) is 15.1 Å². The highest BCUT2D eigenvalue weighted by Crippen LogP contribution is 2.22. The van der Waals surface area contributed by atoms with E-state index in [0.717, 1.165) is 11.1 Å². The molecule has 6 heteroatoms. The zero-order chi connectivity index (χ0) is 16.8. The molecule has 3 nitrogen and oxygen atoms in total. The van der Waals surface area contributed by atoms with Crippen LogP contribution in [0.5, 0.6) is 0 Å². The van der Waals surface area contributed by atoms with E-state index in [4.69, 9.17) is 34.8 Å². The third kappa shape index (κ3) is 5.40. The van der Waals surface area contributed by atoms with Crippen molar-refractivity contribution in [1.29, 1.82) is 0 Å². The minimum Gasteiger partial charge on any atom is -0.351 e. The van der Waals surface area contributed by atoms with Crippen LogP contribution >= 0.6 is 34.8 Å². The van der Waals surface area contributed by atoms with Crippen LogP contribution in [-0.4, -0.2) is 12.5 Å². The molecule has 2 aromatic carbocycles. The van der Waals surface area contributed by atoms with Gasteiger partial charge < -0.3 is 10.6 Å². The van der Waals surface area contributed by atoms with E-state index >= 15 is 0 Å². The van der Waals surface area contributed by atoms with Crippen molar-refractivity contribution in [3.63, 3.8) is 0 Å². The summed E-state index contributed by atoms with van der Waals surface area (Å²) in [6, 6.07) is 12.7. The normalized spacial score (nSPS) is 12.0. The SMILES string of the molecule is C[C@@H](NCC(=O)NCc1ccc(Cl)cc1Cl)c1ccccc1Cl. The number of carbonyl (C=O) groups excluding carboxylic acids is 1. The smallest absolute Gasteiger partial charge is 0.234 e. The Morgan fingerprint density at radius 3 is 2.52 bits per heavy atom. The van der Waals surface area contributed by atoms with Gasteiger partial charge in [-0.1, -0.05) is 59.1 Å². The third-order valence-corrected chi connectivity index (χ3v) is 4.36. The van der Waals surface area contributed by atoms with Gasteiger partial charge in [-0.2, -0.15) is 0 Å². The van der Waals surface area contributed by atoms with Crippen molar-refractivity contribution < 1.29 is 4.79 Å². The van der Waals surface area contributed by atoms with Crippen LogP contribution < -0.4 is 10.6 Å². The summed E-state index contributed by atoms with van der Waals surface area (Å²) in [6.07, 6.45) is 0. The first kappa shape index (κ1) is 18.1. The minimum atomic E-state index is -0.116. The predicted octanol–water partition coefficient (Wildman–Crippen LogP) is 4.61. The number of nitrogens with one attached hydrogen (secondary N) is 2. The number of hydrogen-bond donors (Lipinski definition) is 2. The van der Waals surface area contributed by atoms with E-state index in [9.17, 15) is 4.79 Å². The fraction of sp³-hybridized carbons (Fsp3) is 0.235. The van der Waals surface area contributed by atoms with Crippen LogP contribution in [-0.2, 0) is 11.3 Å². The fourth-order valence-electron chi connectivity index (χ4n) is 2.10. The molecule has 0 radical (unpaired) electrons. The van der Waals surface area contributed by atoms with Crippen molar-refractivity contribution in [3.8, 4) is 0 Å². The topological polar surface area (TPSA) is 41.1 Å². The molecule has 0 aromatic heterocycles. The molecule has 2 N–H and O–H groups in total. The molecule has 0 unspecified atom stereocenters. The second kappa shape index (κ2) is 8.55. The summed E-state index contributed by atoms with van der Waals surface area (Å²) in [7, 11) is 0. The van der Waals surface area contributed by atoms with Gasteiger partial charge in [0, 0.05) is 27.7 Å². The third-order valence-electron chi connectivity index (χ3n) is 3.43. The van der Waals surface area contributed by atoms with Crippen molar-refractivity contribution in [3.05, 3.63) is 68.7 Å². The molecular weight excluding hydrogens is 355 g/mol. The summed E-state index contributed by atoms with van der Waals surface area (Å²) < 4.78 is 0. The standard InChI is InChI=1S/C17H17Cl3N2O/c1-11(14-4-2-3-5-15(14)19)21-10-17(23)22-9-12-6-7-13(18)8-16(12)20/h2-8,11,21H,9-10H2,1H3,(H,22,23)/t11-/m1/s1. The molecule has 0 aliphatic heterocycles. The Hall–Kier alpha value is -1.26. The van der Waals surface area contributed by atoms with Crippen molar-refractivity contribution in [2.24, 2.45) is 0 Å². The first-order chi connectivity index (χ1) is 11.0. The van der Waals surface area contributed by atoms with Gasteiger partial charge in [0.2, 0.25) is 5.91 Å². The van der Waals surface area contributed by atoms with Gasteiger partial charge >= 0.3 is 0 Å². The van der Waals surface area contributed by atoms with Gasteiger partial charge in [-0.05, 0) is 36.2 Å². The number of benzene rings is 2. The highest BCUT2D eigenvalue weighted by molar-refractivity contribution is 6.35. The molecule has 1 amide bonds. The van der Waals surface area contributed by atoms with Gasteiger partial charge in [0.25, 0.3) is 0 Å².